The SMILES string of the molecule is Cc1ccc(C(CC(=O)O)NC(=O)c2ccc(N3CCCN(C(=O)c4cccnc4)CC3)c(NC(=O)C3CCC3)c2)cc1. The molecule has 1 unspecified atom stereocenters. The van der Waals surface area contributed by atoms with Crippen LogP contribution in [-0.2, 0) is 9.59 Å². The van der Waals surface area contributed by atoms with Crippen LogP contribution in [0.2, 0.25) is 0 Å². The molecule has 1 saturated carbocycles. The number of amides is 3. The van der Waals surface area contributed by atoms with Gasteiger partial charge in [-0.1, -0.05) is 36.2 Å². The average molecular weight is 584 g/mol. The van der Waals surface area contributed by atoms with Gasteiger partial charge in [0.25, 0.3) is 11.8 Å². The van der Waals surface area contributed by atoms with E-state index in [1.54, 1.807) is 36.7 Å². The predicted molar refractivity (Wildman–Crippen MR) is 163 cm³/mol. The topological polar surface area (TPSA) is 132 Å². The number of anilines is 2. The maximum absolute atomic E-state index is 13.4. The Bertz CT molecular complexity index is 1470. The van der Waals surface area contributed by atoms with E-state index in [4.69, 9.17) is 0 Å². The number of carboxylic acid groups (broad SMARTS) is 1. The molecule has 0 radical (unpaired) electrons. The molecule has 2 fully saturated rings. The Hall–Kier alpha value is -4.73. The van der Waals surface area contributed by atoms with Gasteiger partial charge in [-0.25, -0.2) is 0 Å². The molecule has 10 heteroatoms. The average Bonchev–Trinajstić information content (AvgIpc) is 3.22. The number of aryl methyl sites for hydroxylation is 1. The fraction of sp³-hybridized carbons (Fsp3) is 0.364. The molecular formula is C33H37N5O5. The zero-order valence-electron chi connectivity index (χ0n) is 24.3. The molecule has 1 atom stereocenters. The number of aliphatic carboxylic acids is 1. The summed E-state index contributed by atoms with van der Waals surface area (Å²) in [6, 6.07) is 15.4. The molecule has 3 aromatic rings. The number of hydrogen-bond acceptors (Lipinski definition) is 6. The zero-order chi connectivity index (χ0) is 30.3. The van der Waals surface area contributed by atoms with Gasteiger partial charge in [-0.2, -0.15) is 0 Å². The second-order valence-corrected chi connectivity index (χ2v) is 11.3. The summed E-state index contributed by atoms with van der Waals surface area (Å²) in [4.78, 5) is 59.1. The summed E-state index contributed by atoms with van der Waals surface area (Å²) < 4.78 is 0. The van der Waals surface area contributed by atoms with E-state index in [0.29, 0.717) is 48.6 Å². The van der Waals surface area contributed by atoms with Crippen LogP contribution in [0, 0.1) is 12.8 Å². The van der Waals surface area contributed by atoms with Crippen molar-refractivity contribution in [2.75, 3.05) is 36.4 Å². The molecule has 224 valence electrons. The van der Waals surface area contributed by atoms with Gasteiger partial charge in [0, 0.05) is 50.1 Å². The zero-order valence-corrected chi connectivity index (χ0v) is 24.3. The first kappa shape index (κ1) is 29.8. The summed E-state index contributed by atoms with van der Waals surface area (Å²) in [5, 5.41) is 15.4. The third-order valence-corrected chi connectivity index (χ3v) is 8.19. The molecule has 1 saturated heterocycles. The number of hydrogen-bond donors (Lipinski definition) is 3. The van der Waals surface area contributed by atoms with E-state index in [1.807, 2.05) is 42.2 Å². The third-order valence-electron chi connectivity index (χ3n) is 8.19. The molecule has 1 aliphatic carbocycles. The fourth-order valence-corrected chi connectivity index (χ4v) is 5.46. The van der Waals surface area contributed by atoms with Crippen molar-refractivity contribution >= 4 is 35.1 Å². The van der Waals surface area contributed by atoms with Gasteiger partial charge in [0.05, 0.1) is 29.4 Å². The van der Waals surface area contributed by atoms with Crippen molar-refractivity contribution < 1.29 is 24.3 Å². The second-order valence-electron chi connectivity index (χ2n) is 11.3. The molecule has 0 spiro atoms. The van der Waals surface area contributed by atoms with Gasteiger partial charge in [-0.3, -0.25) is 24.2 Å². The van der Waals surface area contributed by atoms with Crippen LogP contribution in [0.5, 0.6) is 0 Å². The van der Waals surface area contributed by atoms with Gasteiger partial charge < -0.3 is 25.5 Å². The van der Waals surface area contributed by atoms with Gasteiger partial charge in [-0.15, -0.1) is 0 Å². The minimum Gasteiger partial charge on any atom is -0.481 e. The first-order valence-corrected chi connectivity index (χ1v) is 14.8. The van der Waals surface area contributed by atoms with Crippen molar-refractivity contribution in [2.45, 2.75) is 45.1 Å². The number of carboxylic acids is 1. The highest BCUT2D eigenvalue weighted by Gasteiger charge is 2.28. The summed E-state index contributed by atoms with van der Waals surface area (Å²) in [6.45, 7) is 4.26. The van der Waals surface area contributed by atoms with E-state index in [1.165, 1.54) is 0 Å². The van der Waals surface area contributed by atoms with Crippen molar-refractivity contribution in [1.82, 2.24) is 15.2 Å². The molecule has 10 nitrogen and oxygen atoms in total. The Morgan fingerprint density at radius 1 is 0.953 bits per heavy atom. The normalized spacial score (nSPS) is 16.0. The molecule has 1 aliphatic heterocycles. The van der Waals surface area contributed by atoms with Gasteiger partial charge >= 0.3 is 5.97 Å². The number of pyridine rings is 1. The molecule has 2 aromatic carbocycles. The molecule has 0 bridgehead atoms. The number of nitrogens with one attached hydrogen (secondary N) is 2. The van der Waals surface area contributed by atoms with Crippen molar-refractivity contribution in [3.05, 3.63) is 89.2 Å². The van der Waals surface area contributed by atoms with E-state index in [-0.39, 0.29) is 24.2 Å². The van der Waals surface area contributed by atoms with E-state index >= 15 is 0 Å². The second kappa shape index (κ2) is 13.5. The lowest BCUT2D eigenvalue weighted by Crippen LogP contribution is -2.35. The van der Waals surface area contributed by atoms with E-state index < -0.39 is 17.9 Å². The van der Waals surface area contributed by atoms with Crippen LogP contribution in [0.4, 0.5) is 11.4 Å². The predicted octanol–water partition coefficient (Wildman–Crippen LogP) is 4.43. The monoisotopic (exact) mass is 583 g/mol. The van der Waals surface area contributed by atoms with Crippen LogP contribution in [0.3, 0.4) is 0 Å². The number of carbonyl (C=O) groups excluding carboxylic acids is 3. The Kier molecular flexibility index (Phi) is 9.34. The lowest BCUT2D eigenvalue weighted by atomic mass is 9.85. The largest absolute Gasteiger partial charge is 0.481 e. The van der Waals surface area contributed by atoms with E-state index in [0.717, 1.165) is 36.9 Å². The molecule has 2 aliphatic rings. The highest BCUT2D eigenvalue weighted by molar-refractivity contribution is 6.01. The van der Waals surface area contributed by atoms with Crippen LogP contribution in [0.1, 0.15) is 70.0 Å². The summed E-state index contributed by atoms with van der Waals surface area (Å²) in [5.74, 6) is -1.64. The maximum Gasteiger partial charge on any atom is 0.305 e. The Balaban J connectivity index is 1.37. The van der Waals surface area contributed by atoms with Crippen LogP contribution in [0.15, 0.2) is 67.0 Å². The summed E-state index contributed by atoms with van der Waals surface area (Å²) in [5.41, 5.74) is 3.91. The van der Waals surface area contributed by atoms with Gasteiger partial charge in [-0.05, 0) is 62.1 Å². The van der Waals surface area contributed by atoms with Crippen LogP contribution >= 0.6 is 0 Å². The van der Waals surface area contributed by atoms with Crippen LogP contribution in [0.25, 0.3) is 0 Å². The highest BCUT2D eigenvalue weighted by atomic mass is 16.4. The Morgan fingerprint density at radius 3 is 2.42 bits per heavy atom. The van der Waals surface area contributed by atoms with Crippen molar-refractivity contribution in [3.8, 4) is 0 Å². The fourth-order valence-electron chi connectivity index (χ4n) is 5.46. The molecule has 3 N–H and O–H groups in total. The standard InChI is InChI=1S/C33H37N5O5/c1-22-8-10-23(11-9-22)27(20-30(39)40)35-32(42)25-12-13-29(28(19-25)36-31(41)24-5-2-6-24)37-15-4-16-38(18-17-37)33(43)26-7-3-14-34-21-26/h3,7-14,19,21,24,27H,2,4-6,15-18,20H2,1H3,(H,35,42)(H,36,41)(H,39,40). The number of carbonyl (C=O) groups is 4. The minimum absolute atomic E-state index is 0.0523. The van der Waals surface area contributed by atoms with Crippen LogP contribution in [-0.4, -0.2) is 64.9 Å². The molecular weight excluding hydrogens is 546 g/mol. The van der Waals surface area contributed by atoms with Gasteiger partial charge in [0.2, 0.25) is 5.91 Å². The first-order valence-electron chi connectivity index (χ1n) is 14.8. The van der Waals surface area contributed by atoms with Crippen molar-refractivity contribution in [2.24, 2.45) is 5.92 Å². The smallest absolute Gasteiger partial charge is 0.305 e. The number of nitrogens with zero attached hydrogens (tertiary/aromatic N) is 3. The number of aromatic nitrogens is 1. The van der Waals surface area contributed by atoms with Gasteiger partial charge in [0.15, 0.2) is 0 Å². The number of benzene rings is 2. The molecule has 5 rings (SSSR count). The van der Waals surface area contributed by atoms with E-state index in [2.05, 4.69) is 20.5 Å². The summed E-state index contributed by atoms with van der Waals surface area (Å²) in [6.07, 6.45) is 6.37. The van der Waals surface area contributed by atoms with Gasteiger partial charge in [0.1, 0.15) is 0 Å². The lowest BCUT2D eigenvalue weighted by Gasteiger charge is -2.29. The number of rotatable bonds is 9. The third kappa shape index (κ3) is 7.38. The quantitative estimate of drug-likeness (QED) is 0.340. The first-order chi connectivity index (χ1) is 20.8. The van der Waals surface area contributed by atoms with Crippen molar-refractivity contribution in [3.63, 3.8) is 0 Å². The van der Waals surface area contributed by atoms with Crippen molar-refractivity contribution in [1.29, 1.82) is 0 Å². The summed E-state index contributed by atoms with van der Waals surface area (Å²) in [7, 11) is 0. The lowest BCUT2D eigenvalue weighted by molar-refractivity contribution is -0.137. The van der Waals surface area contributed by atoms with E-state index in [9.17, 15) is 24.3 Å². The highest BCUT2D eigenvalue weighted by Crippen LogP contribution is 2.32. The maximum atomic E-state index is 13.4. The molecule has 2 heterocycles. The van der Waals surface area contributed by atoms with Crippen LogP contribution < -0.4 is 15.5 Å². The summed E-state index contributed by atoms with van der Waals surface area (Å²) >= 11 is 0. The minimum atomic E-state index is -1.02. The Morgan fingerprint density at radius 2 is 1.74 bits per heavy atom. The Labute approximate surface area is 251 Å². The molecule has 3 amide bonds. The molecule has 1 aromatic heterocycles. The molecule has 43 heavy (non-hydrogen) atoms.